The van der Waals surface area contributed by atoms with Gasteiger partial charge in [0.15, 0.2) is 4.90 Å². The number of nitrogens with zero attached hydrogens (tertiary/aromatic N) is 1. The average Bonchev–Trinajstić information content (AvgIpc) is 2.67. The van der Waals surface area contributed by atoms with Gasteiger partial charge in [-0.05, 0) is 6.07 Å². The Hall–Kier alpha value is -1.81. The third kappa shape index (κ3) is 4.91. The van der Waals surface area contributed by atoms with Gasteiger partial charge in [0.1, 0.15) is 14.1 Å². The van der Waals surface area contributed by atoms with E-state index in [2.05, 4.69) is 35.8 Å². The van der Waals surface area contributed by atoms with Gasteiger partial charge in [-0.1, -0.05) is 38.7 Å². The van der Waals surface area contributed by atoms with Crippen molar-refractivity contribution in [3.8, 4) is 11.5 Å². The molecular formula is C19H26N2O7SSi. The van der Waals surface area contributed by atoms with Crippen molar-refractivity contribution in [2.45, 2.75) is 49.9 Å². The molecule has 0 radical (unpaired) electrons. The van der Waals surface area contributed by atoms with Crippen LogP contribution >= 0.6 is 0 Å². The molecule has 1 aromatic carbocycles. The fourth-order valence-electron chi connectivity index (χ4n) is 3.12. The number of hydrogen-bond acceptors (Lipinski definition) is 7. The van der Waals surface area contributed by atoms with Crippen molar-refractivity contribution in [3.05, 3.63) is 34.4 Å². The molecule has 3 aliphatic heterocycles. The molecule has 0 aliphatic carbocycles. The molecule has 3 aliphatic rings. The van der Waals surface area contributed by atoms with Gasteiger partial charge >= 0.3 is 5.97 Å². The van der Waals surface area contributed by atoms with Crippen molar-refractivity contribution in [1.82, 2.24) is 4.72 Å². The fourth-order valence-corrected chi connectivity index (χ4v) is 5.16. The van der Waals surface area contributed by atoms with Crippen molar-refractivity contribution in [1.29, 1.82) is 0 Å². The largest absolute Gasteiger partial charge is 0.325 e. The summed E-state index contributed by atoms with van der Waals surface area (Å²) < 4.78 is 46.1. The van der Waals surface area contributed by atoms with E-state index in [1.807, 2.05) is 6.92 Å². The first kappa shape index (κ1) is 22.9. The summed E-state index contributed by atoms with van der Waals surface area (Å²) in [5.74, 6) is 1.41. The lowest BCUT2D eigenvalue weighted by Gasteiger charge is -2.52. The summed E-state index contributed by atoms with van der Waals surface area (Å²) in [6.07, 6.45) is 0.0703. The second-order valence-corrected chi connectivity index (χ2v) is 15.4. The quantitative estimate of drug-likeness (QED) is 0.303. The molecule has 9 nitrogen and oxygen atoms in total. The fraction of sp³-hybridized carbons (Fsp3) is 0.579. The molecule has 30 heavy (non-hydrogen) atoms. The van der Waals surface area contributed by atoms with E-state index in [0.717, 1.165) is 6.07 Å². The molecule has 3 heterocycles. The minimum Gasteiger partial charge on any atom is -0.325 e. The van der Waals surface area contributed by atoms with E-state index in [4.69, 9.17) is 14.2 Å². The Labute approximate surface area is 177 Å². The monoisotopic (exact) mass is 454 g/mol. The molecule has 1 N–H and O–H groups in total. The van der Waals surface area contributed by atoms with Gasteiger partial charge in [0.05, 0.1) is 24.7 Å². The number of nitrogens with one attached hydrogen (secondary N) is 1. The Balaban J connectivity index is 1.95. The number of fused-ring (bicyclic) bond motifs is 3. The zero-order chi connectivity index (χ0) is 22.2. The molecule has 11 heteroatoms. The van der Waals surface area contributed by atoms with Crippen LogP contribution in [0.2, 0.25) is 19.6 Å². The summed E-state index contributed by atoms with van der Waals surface area (Å²) in [6, 6.07) is 4.16. The number of rotatable bonds is 6. The Kier molecular flexibility index (Phi) is 6.12. The van der Waals surface area contributed by atoms with E-state index >= 15 is 0 Å². The molecule has 2 bridgehead atoms. The molecule has 1 atom stereocenters. The van der Waals surface area contributed by atoms with Crippen LogP contribution in [0.4, 0.5) is 5.69 Å². The van der Waals surface area contributed by atoms with Gasteiger partial charge in [-0.3, -0.25) is 10.1 Å². The average molecular weight is 455 g/mol. The summed E-state index contributed by atoms with van der Waals surface area (Å²) >= 11 is 0. The standard InChI is InChI=1S/C19H26N2O7SSi/c1-18-12-26-19(27-13-18,28-14-18)17(10-7-11-30(2,3)4)20-29(24,25)16-9-6-5-8-15(16)21(22)23/h5-6,8-9,17,20H,10,12-14H2,1-4H3/t17-,18?,19?/m0/s1. The predicted octanol–water partition coefficient (Wildman–Crippen LogP) is 2.25. The van der Waals surface area contributed by atoms with Crippen LogP contribution < -0.4 is 4.72 Å². The minimum absolute atomic E-state index is 0.0703. The number of ether oxygens (including phenoxy) is 3. The van der Waals surface area contributed by atoms with E-state index in [1.54, 1.807) is 0 Å². The lowest BCUT2D eigenvalue weighted by atomic mass is 9.91. The normalized spacial score (nSPS) is 27.2. The number of sulfonamides is 1. The first-order valence-electron chi connectivity index (χ1n) is 9.54. The van der Waals surface area contributed by atoms with E-state index in [1.165, 1.54) is 18.2 Å². The van der Waals surface area contributed by atoms with Crippen molar-refractivity contribution < 1.29 is 27.6 Å². The van der Waals surface area contributed by atoms with Crippen LogP contribution in [0.25, 0.3) is 0 Å². The molecule has 0 spiro atoms. The van der Waals surface area contributed by atoms with Gasteiger partial charge in [0.25, 0.3) is 5.69 Å². The summed E-state index contributed by atoms with van der Waals surface area (Å²) in [5.41, 5.74) is 2.37. The topological polar surface area (TPSA) is 117 Å². The molecule has 164 valence electrons. The third-order valence-corrected chi connectivity index (χ3v) is 7.16. The van der Waals surface area contributed by atoms with E-state index in [9.17, 15) is 18.5 Å². The molecule has 0 saturated carbocycles. The molecule has 3 fully saturated rings. The van der Waals surface area contributed by atoms with Gasteiger partial charge in [-0.25, -0.2) is 8.42 Å². The van der Waals surface area contributed by atoms with Crippen molar-refractivity contribution in [2.75, 3.05) is 19.8 Å². The lowest BCUT2D eigenvalue weighted by Crippen LogP contribution is -2.67. The Bertz CT molecular complexity index is 970. The third-order valence-electron chi connectivity index (χ3n) is 4.71. The molecule has 3 saturated heterocycles. The molecular weight excluding hydrogens is 428 g/mol. The van der Waals surface area contributed by atoms with E-state index in [-0.39, 0.29) is 11.8 Å². The van der Waals surface area contributed by atoms with Crippen LogP contribution in [-0.2, 0) is 24.2 Å². The molecule has 4 rings (SSSR count). The highest BCUT2D eigenvalue weighted by Gasteiger charge is 2.55. The van der Waals surface area contributed by atoms with Gasteiger partial charge in [-0.2, -0.15) is 4.72 Å². The molecule has 0 aromatic heterocycles. The first-order chi connectivity index (χ1) is 13.9. The predicted molar refractivity (Wildman–Crippen MR) is 112 cm³/mol. The van der Waals surface area contributed by atoms with Gasteiger partial charge in [0, 0.05) is 17.9 Å². The van der Waals surface area contributed by atoms with Crippen LogP contribution in [-0.4, -0.2) is 53.3 Å². The molecule has 0 amide bonds. The number of benzene rings is 1. The smallest absolute Gasteiger partial charge is 0.301 e. The van der Waals surface area contributed by atoms with Crippen LogP contribution in [0.1, 0.15) is 13.3 Å². The second-order valence-electron chi connectivity index (χ2n) is 8.93. The van der Waals surface area contributed by atoms with Crippen LogP contribution in [0.5, 0.6) is 0 Å². The number of nitro groups is 1. The molecule has 1 aromatic rings. The zero-order valence-electron chi connectivity index (χ0n) is 17.4. The van der Waals surface area contributed by atoms with Crippen LogP contribution in [0.3, 0.4) is 0 Å². The minimum atomic E-state index is -4.28. The second kappa shape index (κ2) is 8.03. The Morgan fingerprint density at radius 1 is 1.20 bits per heavy atom. The Morgan fingerprint density at radius 3 is 2.30 bits per heavy atom. The number of para-hydroxylation sites is 1. The molecule has 0 unspecified atom stereocenters. The van der Waals surface area contributed by atoms with Crippen molar-refractivity contribution >= 4 is 23.8 Å². The van der Waals surface area contributed by atoms with E-state index < -0.39 is 45.6 Å². The first-order valence-corrected chi connectivity index (χ1v) is 14.5. The number of nitro benzene ring substituents is 1. The number of hydrogen-bond donors (Lipinski definition) is 1. The summed E-state index contributed by atoms with van der Waals surface area (Å²) in [4.78, 5) is 10.1. The highest BCUT2D eigenvalue weighted by atomic mass is 32.2. The summed E-state index contributed by atoms with van der Waals surface area (Å²) in [7, 11) is -5.99. The lowest BCUT2D eigenvalue weighted by molar-refractivity contribution is -0.472. The van der Waals surface area contributed by atoms with E-state index in [0.29, 0.717) is 19.8 Å². The van der Waals surface area contributed by atoms with Crippen molar-refractivity contribution in [3.63, 3.8) is 0 Å². The highest BCUT2D eigenvalue weighted by molar-refractivity contribution is 7.89. The SMILES string of the molecule is CC12COC([C@H](CC#C[Si](C)(C)C)NS(=O)(=O)c3ccccc3[N+](=O)[O-])(OC1)OC2. The van der Waals surface area contributed by atoms with Crippen molar-refractivity contribution in [2.24, 2.45) is 5.41 Å². The maximum atomic E-state index is 13.1. The Morgan fingerprint density at radius 2 is 1.77 bits per heavy atom. The van der Waals surface area contributed by atoms with Gasteiger partial charge in [0.2, 0.25) is 10.0 Å². The van der Waals surface area contributed by atoms with Gasteiger partial charge < -0.3 is 14.2 Å². The highest BCUT2D eigenvalue weighted by Crippen LogP contribution is 2.41. The van der Waals surface area contributed by atoms with Crippen LogP contribution in [0, 0.1) is 27.0 Å². The maximum absolute atomic E-state index is 13.1. The van der Waals surface area contributed by atoms with Crippen LogP contribution in [0.15, 0.2) is 29.2 Å². The summed E-state index contributed by atoms with van der Waals surface area (Å²) in [5, 5.41) is 11.3. The maximum Gasteiger partial charge on any atom is 0.301 e. The van der Waals surface area contributed by atoms with Gasteiger partial charge in [-0.15, -0.1) is 11.5 Å². The summed E-state index contributed by atoms with van der Waals surface area (Å²) in [6.45, 7) is 9.20. The zero-order valence-corrected chi connectivity index (χ0v) is 19.2.